The van der Waals surface area contributed by atoms with E-state index in [2.05, 4.69) is 11.4 Å². The van der Waals surface area contributed by atoms with E-state index in [-0.39, 0.29) is 32.5 Å². The number of carbonyl (C=O) groups excluding carboxylic acids is 2. The van der Waals surface area contributed by atoms with E-state index < -0.39 is 35.0 Å². The molecule has 1 atom stereocenters. The van der Waals surface area contributed by atoms with Crippen molar-refractivity contribution in [3.63, 3.8) is 0 Å². The first kappa shape index (κ1) is 27.7. The Hall–Kier alpha value is -3.90. The number of aryl methyl sites for hydroxylation is 1. The molecule has 0 aliphatic carbocycles. The number of ether oxygens (including phenoxy) is 1. The van der Waals surface area contributed by atoms with E-state index in [1.165, 1.54) is 4.90 Å². The Labute approximate surface area is 217 Å². The first-order valence-electron chi connectivity index (χ1n) is 12.2. The van der Waals surface area contributed by atoms with Crippen molar-refractivity contribution in [2.75, 3.05) is 13.2 Å². The Morgan fingerprint density at radius 3 is 2.22 bits per heavy atom. The minimum absolute atomic E-state index is 0.156. The van der Waals surface area contributed by atoms with Crippen molar-refractivity contribution in [2.24, 2.45) is 5.73 Å². The number of hydrogen-bond donors (Lipinski definition) is 3. The third-order valence-corrected chi connectivity index (χ3v) is 6.76. The van der Waals surface area contributed by atoms with E-state index in [1.807, 2.05) is 43.3 Å². The molecule has 196 valence electrons. The van der Waals surface area contributed by atoms with Crippen LogP contribution in [0.2, 0.25) is 0 Å². The van der Waals surface area contributed by atoms with Gasteiger partial charge in [-0.05, 0) is 56.0 Å². The summed E-state index contributed by atoms with van der Waals surface area (Å²) in [4.78, 5) is 39.4. The number of carbonyl (C=O) groups is 3. The van der Waals surface area contributed by atoms with Gasteiger partial charge in [0, 0.05) is 38.0 Å². The topological polar surface area (TPSA) is 146 Å². The van der Waals surface area contributed by atoms with Gasteiger partial charge in [0.1, 0.15) is 11.6 Å². The van der Waals surface area contributed by atoms with E-state index >= 15 is 0 Å². The maximum Gasteiger partial charge on any atom is 0.408 e. The van der Waals surface area contributed by atoms with Crippen LogP contribution in [0.3, 0.4) is 0 Å². The number of carboxylic acid groups (broad SMARTS) is 1. The SMILES string of the molecule is Cc1cc(-c2ccc(CC(NC(=O)C3(N(C(=O)O)C(C)(C)C)CCOCC3)C(N)=O)cc2)ccc1C#N. The number of benzene rings is 2. The number of nitriles is 1. The molecule has 0 aromatic heterocycles. The van der Waals surface area contributed by atoms with Gasteiger partial charge < -0.3 is 20.9 Å². The highest BCUT2D eigenvalue weighted by atomic mass is 16.5. The summed E-state index contributed by atoms with van der Waals surface area (Å²) >= 11 is 0. The first-order chi connectivity index (χ1) is 17.4. The molecule has 1 fully saturated rings. The number of nitrogens with two attached hydrogens (primary N) is 1. The Morgan fingerprint density at radius 1 is 1.14 bits per heavy atom. The normalized spacial score (nSPS) is 15.8. The van der Waals surface area contributed by atoms with Gasteiger partial charge in [-0.1, -0.05) is 36.4 Å². The molecule has 37 heavy (non-hydrogen) atoms. The molecule has 1 saturated heterocycles. The van der Waals surface area contributed by atoms with Gasteiger partial charge in [-0.25, -0.2) is 4.79 Å². The zero-order valence-corrected chi connectivity index (χ0v) is 21.7. The van der Waals surface area contributed by atoms with Crippen molar-refractivity contribution in [3.05, 3.63) is 59.2 Å². The number of amides is 3. The van der Waals surface area contributed by atoms with Crippen molar-refractivity contribution >= 4 is 17.9 Å². The van der Waals surface area contributed by atoms with Crippen LogP contribution in [0.5, 0.6) is 0 Å². The second-order valence-corrected chi connectivity index (χ2v) is 10.4. The molecule has 9 nitrogen and oxygen atoms in total. The van der Waals surface area contributed by atoms with E-state index in [4.69, 9.17) is 15.7 Å². The first-order valence-corrected chi connectivity index (χ1v) is 12.2. The van der Waals surface area contributed by atoms with Crippen LogP contribution in [-0.2, 0) is 20.7 Å². The Balaban J connectivity index is 1.83. The summed E-state index contributed by atoms with van der Waals surface area (Å²) in [6, 6.07) is 14.3. The molecule has 9 heteroatoms. The summed E-state index contributed by atoms with van der Waals surface area (Å²) in [7, 11) is 0. The molecule has 1 heterocycles. The van der Waals surface area contributed by atoms with Crippen molar-refractivity contribution in [3.8, 4) is 17.2 Å². The second-order valence-electron chi connectivity index (χ2n) is 10.4. The molecule has 2 aromatic carbocycles. The number of nitrogens with one attached hydrogen (secondary N) is 1. The fourth-order valence-corrected chi connectivity index (χ4v) is 4.93. The lowest BCUT2D eigenvalue weighted by Crippen LogP contribution is -2.69. The van der Waals surface area contributed by atoms with Gasteiger partial charge in [-0.3, -0.25) is 14.5 Å². The largest absolute Gasteiger partial charge is 0.465 e. The van der Waals surface area contributed by atoms with E-state index in [9.17, 15) is 19.5 Å². The number of primary amides is 1. The van der Waals surface area contributed by atoms with Crippen molar-refractivity contribution in [1.82, 2.24) is 10.2 Å². The van der Waals surface area contributed by atoms with Crippen molar-refractivity contribution in [1.29, 1.82) is 5.26 Å². The summed E-state index contributed by atoms with van der Waals surface area (Å²) < 4.78 is 5.43. The summed E-state index contributed by atoms with van der Waals surface area (Å²) in [6.07, 6.45) is -0.712. The molecule has 1 aliphatic heterocycles. The number of hydrogen-bond acceptors (Lipinski definition) is 5. The fourth-order valence-electron chi connectivity index (χ4n) is 4.93. The van der Waals surface area contributed by atoms with Gasteiger partial charge in [-0.2, -0.15) is 5.26 Å². The lowest BCUT2D eigenvalue weighted by molar-refractivity contribution is -0.145. The van der Waals surface area contributed by atoms with E-state index in [1.54, 1.807) is 26.8 Å². The van der Waals surface area contributed by atoms with Crippen LogP contribution in [0.1, 0.15) is 50.3 Å². The minimum atomic E-state index is -1.38. The van der Waals surface area contributed by atoms with Crippen molar-refractivity contribution < 1.29 is 24.2 Å². The molecule has 0 radical (unpaired) electrons. The van der Waals surface area contributed by atoms with Crippen molar-refractivity contribution in [2.45, 2.75) is 64.1 Å². The molecule has 4 N–H and O–H groups in total. The lowest BCUT2D eigenvalue weighted by Gasteiger charge is -2.49. The maximum atomic E-state index is 13.6. The Kier molecular flexibility index (Phi) is 8.24. The average molecular weight is 507 g/mol. The molecule has 2 aromatic rings. The molecule has 1 aliphatic rings. The van der Waals surface area contributed by atoms with E-state index in [0.717, 1.165) is 22.3 Å². The molecule has 0 saturated carbocycles. The van der Waals surface area contributed by atoms with Gasteiger partial charge in [0.2, 0.25) is 11.8 Å². The van der Waals surface area contributed by atoms with Crippen LogP contribution in [0.15, 0.2) is 42.5 Å². The third-order valence-electron chi connectivity index (χ3n) is 6.76. The van der Waals surface area contributed by atoms with Crippen LogP contribution in [0, 0.1) is 18.3 Å². The predicted octanol–water partition coefficient (Wildman–Crippen LogP) is 3.37. The standard InChI is InChI=1S/C28H34N4O5/c1-18-15-21(9-10-22(18)17-29)20-7-5-19(6-8-20)16-23(24(30)33)31-25(34)28(11-13-37-14-12-28)32(26(35)36)27(2,3)4/h5-10,15,23H,11-14,16H2,1-4H3,(H2,30,33)(H,31,34)(H,35,36). The summed E-state index contributed by atoms with van der Waals surface area (Å²) in [6.45, 7) is 7.53. The molecular weight excluding hydrogens is 472 g/mol. The minimum Gasteiger partial charge on any atom is -0.465 e. The summed E-state index contributed by atoms with van der Waals surface area (Å²) in [5.41, 5.74) is 7.61. The summed E-state index contributed by atoms with van der Waals surface area (Å²) in [5, 5.41) is 21.9. The lowest BCUT2D eigenvalue weighted by atomic mass is 9.83. The second kappa shape index (κ2) is 11.0. The highest BCUT2D eigenvalue weighted by Crippen LogP contribution is 2.34. The number of nitrogens with zero attached hydrogens (tertiary/aromatic N) is 2. The summed E-state index contributed by atoms with van der Waals surface area (Å²) in [5.74, 6) is -1.26. The van der Waals surface area contributed by atoms with Crippen LogP contribution >= 0.6 is 0 Å². The van der Waals surface area contributed by atoms with Crippen LogP contribution in [-0.4, -0.2) is 58.2 Å². The third kappa shape index (κ3) is 6.09. The molecule has 0 spiro atoms. The Bertz CT molecular complexity index is 1200. The maximum absolute atomic E-state index is 13.6. The zero-order valence-electron chi connectivity index (χ0n) is 21.7. The fraction of sp³-hybridized carbons (Fsp3) is 0.429. The van der Waals surface area contributed by atoms with Gasteiger partial charge >= 0.3 is 6.09 Å². The zero-order chi connectivity index (χ0) is 27.4. The molecule has 3 amide bonds. The van der Waals surface area contributed by atoms with Gasteiger partial charge in [0.15, 0.2) is 0 Å². The number of rotatable bonds is 7. The van der Waals surface area contributed by atoms with Crippen LogP contribution in [0.25, 0.3) is 11.1 Å². The van der Waals surface area contributed by atoms with Gasteiger partial charge in [0.05, 0.1) is 11.6 Å². The quantitative estimate of drug-likeness (QED) is 0.525. The van der Waals surface area contributed by atoms with Gasteiger partial charge in [0.25, 0.3) is 0 Å². The van der Waals surface area contributed by atoms with Gasteiger partial charge in [-0.15, -0.1) is 0 Å². The molecule has 1 unspecified atom stereocenters. The van der Waals surface area contributed by atoms with E-state index in [0.29, 0.717) is 5.56 Å². The highest BCUT2D eigenvalue weighted by molar-refractivity contribution is 5.94. The molecule has 0 bridgehead atoms. The molecular formula is C28H34N4O5. The smallest absolute Gasteiger partial charge is 0.408 e. The predicted molar refractivity (Wildman–Crippen MR) is 139 cm³/mol. The monoisotopic (exact) mass is 506 g/mol. The van der Waals surface area contributed by atoms with Crippen LogP contribution < -0.4 is 11.1 Å². The van der Waals surface area contributed by atoms with Crippen LogP contribution in [0.4, 0.5) is 4.79 Å². The Morgan fingerprint density at radius 2 is 1.73 bits per heavy atom. The average Bonchev–Trinajstić information content (AvgIpc) is 2.83. The molecule has 3 rings (SSSR count). The highest BCUT2D eigenvalue weighted by Gasteiger charge is 2.52.